The second kappa shape index (κ2) is 4.15. The second-order valence-corrected chi connectivity index (χ2v) is 3.45. The third-order valence-corrected chi connectivity index (χ3v) is 2.44. The second-order valence-electron chi connectivity index (χ2n) is 2.45. The number of hydrogen-bond donors (Lipinski definition) is 1. The summed E-state index contributed by atoms with van der Waals surface area (Å²) in [5.41, 5.74) is 5.33. The zero-order valence-corrected chi connectivity index (χ0v) is 7.49. The highest BCUT2D eigenvalue weighted by atomic mass is 32.2. The highest BCUT2D eigenvalue weighted by Gasteiger charge is 2.17. The van der Waals surface area contributed by atoms with E-state index in [9.17, 15) is 13.6 Å². The summed E-state index contributed by atoms with van der Waals surface area (Å²) in [6.07, 6.45) is 0. The maximum atomic E-state index is 10.8. The molecule has 1 aromatic rings. The molecule has 2 atom stereocenters. The molecule has 13 heavy (non-hydrogen) atoms. The maximum Gasteiger partial charge on any atom is 0.236 e. The molecule has 0 saturated carbocycles. The Morgan fingerprint density at radius 3 is 2.31 bits per heavy atom. The van der Waals surface area contributed by atoms with E-state index in [1.165, 1.54) is 0 Å². The monoisotopic (exact) mass is 198 g/mol. The predicted octanol–water partition coefficient (Wildman–Crippen LogP) is 0.0921. The van der Waals surface area contributed by atoms with Gasteiger partial charge in [0.1, 0.15) is 5.25 Å². The summed E-state index contributed by atoms with van der Waals surface area (Å²) in [6, 6.07) is 8.13. The van der Waals surface area contributed by atoms with E-state index < -0.39 is 22.2 Å². The lowest BCUT2D eigenvalue weighted by atomic mass is 10.1. The first-order chi connectivity index (χ1) is 6.13. The molecule has 2 N–H and O–H groups in total. The molecule has 0 saturated heterocycles. The SMILES string of the molecule is NC(=O)C(c1ccccc1)S(=O)[O-]. The minimum absolute atomic E-state index is 0.392. The summed E-state index contributed by atoms with van der Waals surface area (Å²) in [6.45, 7) is 0. The molecule has 0 spiro atoms. The first-order valence-corrected chi connectivity index (χ1v) is 4.69. The molecule has 1 rings (SSSR count). The Bertz CT molecular complexity index is 311. The largest absolute Gasteiger partial charge is 0.771 e. The van der Waals surface area contributed by atoms with E-state index in [1.807, 2.05) is 0 Å². The molecule has 70 valence electrons. The van der Waals surface area contributed by atoms with Gasteiger partial charge in [0.2, 0.25) is 5.91 Å². The molecule has 0 aliphatic rings. The average molecular weight is 198 g/mol. The normalized spacial score (nSPS) is 14.8. The minimum atomic E-state index is -2.51. The Hall–Kier alpha value is -1.20. The fraction of sp³-hybridized carbons (Fsp3) is 0.125. The van der Waals surface area contributed by atoms with Crippen LogP contribution in [-0.4, -0.2) is 14.7 Å². The molecule has 4 nitrogen and oxygen atoms in total. The Morgan fingerprint density at radius 1 is 1.38 bits per heavy atom. The first kappa shape index (κ1) is 9.88. The number of benzene rings is 1. The molecular formula is C8H8NO3S-. The number of carbonyl (C=O) groups is 1. The van der Waals surface area contributed by atoms with Crippen molar-refractivity contribution in [2.75, 3.05) is 0 Å². The molecule has 0 bridgehead atoms. The van der Waals surface area contributed by atoms with Gasteiger partial charge in [-0.1, -0.05) is 30.3 Å². The van der Waals surface area contributed by atoms with Gasteiger partial charge in [-0.05, 0) is 16.6 Å². The third-order valence-electron chi connectivity index (χ3n) is 1.55. The van der Waals surface area contributed by atoms with Crippen molar-refractivity contribution in [1.29, 1.82) is 0 Å². The fourth-order valence-corrected chi connectivity index (χ4v) is 1.57. The van der Waals surface area contributed by atoms with Gasteiger partial charge in [-0.15, -0.1) is 0 Å². The van der Waals surface area contributed by atoms with Crippen molar-refractivity contribution in [1.82, 2.24) is 0 Å². The number of nitrogens with two attached hydrogens (primary N) is 1. The molecule has 0 heterocycles. The number of rotatable bonds is 3. The summed E-state index contributed by atoms with van der Waals surface area (Å²) in [5.74, 6) is -0.862. The maximum absolute atomic E-state index is 10.8. The van der Waals surface area contributed by atoms with Gasteiger partial charge in [-0.2, -0.15) is 0 Å². The van der Waals surface area contributed by atoms with Crippen LogP contribution in [0.5, 0.6) is 0 Å². The number of carbonyl (C=O) groups excluding carboxylic acids is 1. The number of hydrogen-bond acceptors (Lipinski definition) is 3. The van der Waals surface area contributed by atoms with Gasteiger partial charge in [-0.3, -0.25) is 9.00 Å². The van der Waals surface area contributed by atoms with E-state index in [0.29, 0.717) is 5.56 Å². The van der Waals surface area contributed by atoms with Crippen molar-refractivity contribution < 1.29 is 13.6 Å². The summed E-state index contributed by atoms with van der Waals surface area (Å²) in [7, 11) is 0. The van der Waals surface area contributed by atoms with Gasteiger partial charge in [0.25, 0.3) is 0 Å². The smallest absolute Gasteiger partial charge is 0.236 e. The topological polar surface area (TPSA) is 83.2 Å². The molecule has 0 aliphatic carbocycles. The minimum Gasteiger partial charge on any atom is -0.771 e. The van der Waals surface area contributed by atoms with E-state index >= 15 is 0 Å². The van der Waals surface area contributed by atoms with Crippen LogP contribution in [0.2, 0.25) is 0 Å². The third kappa shape index (κ3) is 2.37. The predicted molar refractivity (Wildman–Crippen MR) is 47.3 cm³/mol. The Kier molecular flexibility index (Phi) is 3.16. The Morgan fingerprint density at radius 2 is 1.92 bits per heavy atom. The highest BCUT2D eigenvalue weighted by Crippen LogP contribution is 2.17. The van der Waals surface area contributed by atoms with Crippen molar-refractivity contribution in [3.05, 3.63) is 35.9 Å². The van der Waals surface area contributed by atoms with Crippen molar-refractivity contribution in [2.24, 2.45) is 5.73 Å². The molecule has 0 aromatic heterocycles. The molecule has 0 aliphatic heterocycles. The van der Waals surface area contributed by atoms with Crippen LogP contribution in [0.3, 0.4) is 0 Å². The van der Waals surface area contributed by atoms with Crippen molar-refractivity contribution in [2.45, 2.75) is 5.25 Å². The summed E-state index contributed by atoms with van der Waals surface area (Å²) in [4.78, 5) is 10.8. The zero-order chi connectivity index (χ0) is 9.84. The lowest BCUT2D eigenvalue weighted by Gasteiger charge is -2.15. The summed E-state index contributed by atoms with van der Waals surface area (Å²) < 4.78 is 21.3. The van der Waals surface area contributed by atoms with E-state index in [-0.39, 0.29) is 0 Å². The Balaban J connectivity index is 3.03. The van der Waals surface area contributed by atoms with Crippen LogP contribution in [0.15, 0.2) is 30.3 Å². The van der Waals surface area contributed by atoms with Gasteiger partial charge in [0.15, 0.2) is 0 Å². The van der Waals surface area contributed by atoms with Crippen LogP contribution in [0, 0.1) is 0 Å². The van der Waals surface area contributed by atoms with Crippen LogP contribution < -0.4 is 5.73 Å². The standard InChI is InChI=1S/C8H9NO3S/c9-8(10)7(13(11)12)6-4-2-1-3-5-6/h1-5,7H,(H2,9,10)(H,11,12)/p-1. The highest BCUT2D eigenvalue weighted by molar-refractivity contribution is 7.80. The molecule has 0 fully saturated rings. The van der Waals surface area contributed by atoms with Gasteiger partial charge < -0.3 is 10.3 Å². The van der Waals surface area contributed by atoms with Crippen molar-refractivity contribution in [3.63, 3.8) is 0 Å². The molecule has 1 aromatic carbocycles. The molecule has 2 unspecified atom stereocenters. The van der Waals surface area contributed by atoms with E-state index in [0.717, 1.165) is 0 Å². The lowest BCUT2D eigenvalue weighted by molar-refractivity contribution is -0.117. The molecule has 1 amide bonds. The number of amides is 1. The van der Waals surface area contributed by atoms with Gasteiger partial charge >= 0.3 is 0 Å². The van der Waals surface area contributed by atoms with Crippen molar-refractivity contribution >= 4 is 17.0 Å². The van der Waals surface area contributed by atoms with E-state index in [1.54, 1.807) is 30.3 Å². The van der Waals surface area contributed by atoms with E-state index in [4.69, 9.17) is 5.73 Å². The Labute approximate surface area is 78.0 Å². The van der Waals surface area contributed by atoms with E-state index in [2.05, 4.69) is 0 Å². The van der Waals surface area contributed by atoms with Crippen LogP contribution in [-0.2, 0) is 15.9 Å². The molecular weight excluding hydrogens is 190 g/mol. The van der Waals surface area contributed by atoms with Crippen LogP contribution in [0.1, 0.15) is 10.8 Å². The van der Waals surface area contributed by atoms with Crippen LogP contribution in [0.4, 0.5) is 0 Å². The first-order valence-electron chi connectivity index (χ1n) is 3.55. The van der Waals surface area contributed by atoms with Crippen LogP contribution >= 0.6 is 0 Å². The lowest BCUT2D eigenvalue weighted by Crippen LogP contribution is -2.24. The number of primary amides is 1. The summed E-state index contributed by atoms with van der Waals surface area (Å²) >= 11 is -2.51. The molecule has 0 radical (unpaired) electrons. The van der Waals surface area contributed by atoms with Crippen LogP contribution in [0.25, 0.3) is 0 Å². The quantitative estimate of drug-likeness (QED) is 0.699. The average Bonchev–Trinajstić information content (AvgIpc) is 2.04. The fourth-order valence-electron chi connectivity index (χ4n) is 0.998. The van der Waals surface area contributed by atoms with Gasteiger partial charge in [0, 0.05) is 0 Å². The van der Waals surface area contributed by atoms with Gasteiger partial charge in [0.05, 0.1) is 0 Å². The summed E-state index contributed by atoms with van der Waals surface area (Å²) in [5, 5.41) is -1.25. The zero-order valence-electron chi connectivity index (χ0n) is 6.67. The van der Waals surface area contributed by atoms with Gasteiger partial charge in [-0.25, -0.2) is 0 Å². The van der Waals surface area contributed by atoms with Crippen molar-refractivity contribution in [3.8, 4) is 0 Å². The molecule has 5 heteroatoms.